The van der Waals surface area contributed by atoms with Gasteiger partial charge in [-0.05, 0) is 35.9 Å². The smallest absolute Gasteiger partial charge is 0.235 e. The number of thioether (sulfide) groups is 1. The maximum Gasteiger partial charge on any atom is 0.235 e. The second-order valence-corrected chi connectivity index (χ2v) is 5.95. The molecular weight excluding hydrogens is 268 g/mol. The topological polar surface area (TPSA) is 46.3 Å². The van der Waals surface area contributed by atoms with Crippen molar-refractivity contribution in [3.63, 3.8) is 0 Å². The summed E-state index contributed by atoms with van der Waals surface area (Å²) in [7, 11) is 1.82. The van der Waals surface area contributed by atoms with Crippen LogP contribution >= 0.6 is 11.8 Å². The first-order valence-electron chi connectivity index (χ1n) is 6.51. The molecule has 1 heterocycles. The summed E-state index contributed by atoms with van der Waals surface area (Å²) >= 11 is 1.75. The Bertz CT molecular complexity index is 639. The van der Waals surface area contributed by atoms with Crippen LogP contribution in [0.5, 0.6) is 0 Å². The highest BCUT2D eigenvalue weighted by molar-refractivity contribution is 7.99. The molecule has 4 heteroatoms. The van der Waals surface area contributed by atoms with E-state index in [9.17, 15) is 4.79 Å². The number of rotatable bonds is 2. The van der Waals surface area contributed by atoms with Crippen molar-refractivity contribution >= 4 is 29.0 Å². The molecule has 0 saturated carbocycles. The molecule has 0 radical (unpaired) electrons. The van der Waals surface area contributed by atoms with Crippen LogP contribution in [0.25, 0.3) is 0 Å². The van der Waals surface area contributed by atoms with Crippen molar-refractivity contribution in [3.05, 3.63) is 54.1 Å². The highest BCUT2D eigenvalue weighted by Crippen LogP contribution is 2.40. The summed E-state index contributed by atoms with van der Waals surface area (Å²) in [5, 5.41) is 0. The van der Waals surface area contributed by atoms with Crippen molar-refractivity contribution in [2.24, 2.45) is 0 Å². The van der Waals surface area contributed by atoms with E-state index in [-0.39, 0.29) is 11.8 Å². The number of amides is 1. The molecule has 0 aliphatic carbocycles. The molecule has 0 saturated heterocycles. The summed E-state index contributed by atoms with van der Waals surface area (Å²) in [5.41, 5.74) is 8.40. The average molecular weight is 284 g/mol. The second-order valence-electron chi connectivity index (χ2n) is 4.89. The molecular formula is C16H16N2OS. The van der Waals surface area contributed by atoms with Gasteiger partial charge in [0.25, 0.3) is 0 Å². The molecule has 0 bridgehead atoms. The van der Waals surface area contributed by atoms with Crippen molar-refractivity contribution in [2.75, 3.05) is 23.4 Å². The van der Waals surface area contributed by atoms with E-state index in [2.05, 4.69) is 12.1 Å². The van der Waals surface area contributed by atoms with Gasteiger partial charge in [0.15, 0.2) is 0 Å². The Hall–Kier alpha value is -1.94. The van der Waals surface area contributed by atoms with Crippen LogP contribution in [0, 0.1) is 0 Å². The number of carbonyl (C=O) groups excluding carboxylic acids is 1. The summed E-state index contributed by atoms with van der Waals surface area (Å²) in [6.45, 7) is 0. The van der Waals surface area contributed by atoms with E-state index in [1.807, 2.05) is 43.4 Å². The molecule has 1 amide bonds. The predicted octanol–water partition coefficient (Wildman–Crippen LogP) is 3.12. The Balaban J connectivity index is 1.85. The Morgan fingerprint density at radius 1 is 1.20 bits per heavy atom. The minimum Gasteiger partial charge on any atom is -0.399 e. The normalized spacial score (nSPS) is 16.8. The number of nitrogens with two attached hydrogens (primary N) is 1. The summed E-state index contributed by atoms with van der Waals surface area (Å²) < 4.78 is 0. The third kappa shape index (κ3) is 2.27. The number of fused-ring (bicyclic) bond motifs is 1. The fourth-order valence-corrected chi connectivity index (χ4v) is 3.65. The predicted molar refractivity (Wildman–Crippen MR) is 84.2 cm³/mol. The molecule has 3 rings (SSSR count). The number of benzene rings is 2. The molecule has 0 fully saturated rings. The summed E-state index contributed by atoms with van der Waals surface area (Å²) in [6, 6.07) is 15.5. The van der Waals surface area contributed by atoms with Crippen LogP contribution in [0.3, 0.4) is 0 Å². The monoisotopic (exact) mass is 284 g/mol. The minimum absolute atomic E-state index is 0.0567. The summed E-state index contributed by atoms with van der Waals surface area (Å²) in [6.07, 6.45) is 0. The van der Waals surface area contributed by atoms with E-state index >= 15 is 0 Å². The number of carbonyl (C=O) groups is 1. The molecule has 102 valence electrons. The van der Waals surface area contributed by atoms with Gasteiger partial charge in [-0.15, -0.1) is 11.8 Å². The van der Waals surface area contributed by atoms with Crippen LogP contribution in [-0.4, -0.2) is 18.7 Å². The second kappa shape index (κ2) is 5.21. The van der Waals surface area contributed by atoms with Gasteiger partial charge in [0, 0.05) is 29.1 Å². The number of hydrogen-bond acceptors (Lipinski definition) is 3. The fraction of sp³-hybridized carbons (Fsp3) is 0.188. The Kier molecular flexibility index (Phi) is 3.40. The van der Waals surface area contributed by atoms with Crippen LogP contribution in [-0.2, 0) is 4.79 Å². The Labute approximate surface area is 122 Å². The Morgan fingerprint density at radius 2 is 1.90 bits per heavy atom. The average Bonchev–Trinajstić information content (AvgIpc) is 2.90. The van der Waals surface area contributed by atoms with Gasteiger partial charge in [-0.1, -0.05) is 18.2 Å². The van der Waals surface area contributed by atoms with E-state index in [0.717, 1.165) is 17.0 Å². The van der Waals surface area contributed by atoms with Gasteiger partial charge < -0.3 is 10.6 Å². The molecule has 1 unspecified atom stereocenters. The van der Waals surface area contributed by atoms with Crippen LogP contribution in [0.4, 0.5) is 11.4 Å². The van der Waals surface area contributed by atoms with E-state index < -0.39 is 0 Å². The minimum atomic E-state index is -0.0567. The molecule has 20 heavy (non-hydrogen) atoms. The van der Waals surface area contributed by atoms with E-state index in [4.69, 9.17) is 5.73 Å². The van der Waals surface area contributed by atoms with Crippen LogP contribution in [0.15, 0.2) is 53.4 Å². The third-order valence-corrected chi connectivity index (χ3v) is 4.79. The standard InChI is InChI=1S/C16H16N2OS/c1-18(12-8-6-11(17)7-9-12)16(19)14-10-20-15-5-3-2-4-13(14)15/h2-9,14H,10,17H2,1H3. The lowest BCUT2D eigenvalue weighted by atomic mass is 10.00. The van der Waals surface area contributed by atoms with Gasteiger partial charge in [-0.3, -0.25) is 4.79 Å². The quantitative estimate of drug-likeness (QED) is 0.862. The van der Waals surface area contributed by atoms with Crippen LogP contribution in [0.2, 0.25) is 0 Å². The molecule has 2 N–H and O–H groups in total. The molecule has 2 aromatic rings. The number of nitrogen functional groups attached to an aromatic ring is 1. The molecule has 0 spiro atoms. The number of anilines is 2. The maximum atomic E-state index is 12.7. The zero-order chi connectivity index (χ0) is 14.1. The summed E-state index contributed by atoms with van der Waals surface area (Å²) in [4.78, 5) is 15.6. The first-order valence-corrected chi connectivity index (χ1v) is 7.50. The van der Waals surface area contributed by atoms with Crippen molar-refractivity contribution in [2.45, 2.75) is 10.8 Å². The number of hydrogen-bond donors (Lipinski definition) is 1. The lowest BCUT2D eigenvalue weighted by Gasteiger charge is -2.21. The molecule has 1 atom stereocenters. The van der Waals surface area contributed by atoms with E-state index in [0.29, 0.717) is 5.69 Å². The largest absolute Gasteiger partial charge is 0.399 e. The van der Waals surface area contributed by atoms with Crippen molar-refractivity contribution in [3.8, 4) is 0 Å². The van der Waals surface area contributed by atoms with Gasteiger partial charge >= 0.3 is 0 Å². The van der Waals surface area contributed by atoms with Gasteiger partial charge in [0.2, 0.25) is 5.91 Å². The Morgan fingerprint density at radius 3 is 2.65 bits per heavy atom. The number of likely N-dealkylation sites (N-methyl/N-ethyl adjacent to an activating group) is 1. The van der Waals surface area contributed by atoms with Crippen LogP contribution in [0.1, 0.15) is 11.5 Å². The highest BCUT2D eigenvalue weighted by Gasteiger charge is 2.31. The van der Waals surface area contributed by atoms with Gasteiger partial charge in [-0.2, -0.15) is 0 Å². The van der Waals surface area contributed by atoms with Gasteiger partial charge in [0.1, 0.15) is 0 Å². The third-order valence-electron chi connectivity index (χ3n) is 3.61. The lowest BCUT2D eigenvalue weighted by Crippen LogP contribution is -2.31. The van der Waals surface area contributed by atoms with E-state index in [1.54, 1.807) is 16.7 Å². The molecule has 3 nitrogen and oxygen atoms in total. The molecule has 2 aromatic carbocycles. The lowest BCUT2D eigenvalue weighted by molar-refractivity contribution is -0.119. The molecule has 0 aromatic heterocycles. The molecule has 1 aliphatic rings. The van der Waals surface area contributed by atoms with Crippen molar-refractivity contribution < 1.29 is 4.79 Å². The maximum absolute atomic E-state index is 12.7. The van der Waals surface area contributed by atoms with Gasteiger partial charge in [0.05, 0.1) is 5.92 Å². The first-order chi connectivity index (χ1) is 9.66. The highest BCUT2D eigenvalue weighted by atomic mass is 32.2. The SMILES string of the molecule is CN(C(=O)C1CSc2ccccc21)c1ccc(N)cc1. The zero-order valence-electron chi connectivity index (χ0n) is 11.2. The fourth-order valence-electron chi connectivity index (χ4n) is 2.43. The number of nitrogens with zero attached hydrogens (tertiary/aromatic N) is 1. The molecule has 1 aliphatic heterocycles. The first kappa shape index (κ1) is 13.1. The van der Waals surface area contributed by atoms with Gasteiger partial charge in [-0.25, -0.2) is 0 Å². The van der Waals surface area contributed by atoms with Crippen molar-refractivity contribution in [1.82, 2.24) is 0 Å². The van der Waals surface area contributed by atoms with Crippen LogP contribution < -0.4 is 10.6 Å². The van der Waals surface area contributed by atoms with E-state index in [1.165, 1.54) is 4.90 Å². The van der Waals surface area contributed by atoms with Crippen molar-refractivity contribution in [1.29, 1.82) is 0 Å². The summed E-state index contributed by atoms with van der Waals surface area (Å²) in [5.74, 6) is 0.892. The zero-order valence-corrected chi connectivity index (χ0v) is 12.1.